The zero-order valence-corrected chi connectivity index (χ0v) is 10.8. The van der Waals surface area contributed by atoms with Gasteiger partial charge in [-0.05, 0) is 11.3 Å². The van der Waals surface area contributed by atoms with E-state index in [1.54, 1.807) is 7.11 Å². The largest absolute Gasteiger partial charge is 0.465 e. The summed E-state index contributed by atoms with van der Waals surface area (Å²) in [5.74, 6) is 0.0245. The van der Waals surface area contributed by atoms with E-state index in [4.69, 9.17) is 9.47 Å². The second-order valence-corrected chi connectivity index (χ2v) is 5.40. The normalized spacial score (nSPS) is 14.1. The third-order valence-corrected chi connectivity index (χ3v) is 2.22. The molecule has 0 amide bonds. The van der Waals surface area contributed by atoms with E-state index in [1.165, 1.54) is 0 Å². The molecule has 3 heteroatoms. The lowest BCUT2D eigenvalue weighted by atomic mass is 9.81. The van der Waals surface area contributed by atoms with Gasteiger partial charge < -0.3 is 9.47 Å². The van der Waals surface area contributed by atoms with Crippen molar-refractivity contribution in [2.75, 3.05) is 20.3 Å². The van der Waals surface area contributed by atoms with E-state index >= 15 is 0 Å². The molecular weight excluding hydrogens is 192 g/mol. The first-order chi connectivity index (χ1) is 6.79. The van der Waals surface area contributed by atoms with Gasteiger partial charge in [0.2, 0.25) is 0 Å². The minimum Gasteiger partial charge on any atom is -0.465 e. The summed E-state index contributed by atoms with van der Waals surface area (Å²) in [6.45, 7) is 11.0. The van der Waals surface area contributed by atoms with Crippen molar-refractivity contribution < 1.29 is 14.3 Å². The Morgan fingerprint density at radius 2 is 1.73 bits per heavy atom. The van der Waals surface area contributed by atoms with Crippen LogP contribution in [0.25, 0.3) is 0 Å². The van der Waals surface area contributed by atoms with E-state index in [1.807, 2.05) is 34.6 Å². The Balaban J connectivity index is 4.30. The first-order valence-corrected chi connectivity index (χ1v) is 5.44. The highest BCUT2D eigenvalue weighted by molar-refractivity contribution is 5.73. The monoisotopic (exact) mass is 216 g/mol. The molecular formula is C12H24O3. The lowest BCUT2D eigenvalue weighted by molar-refractivity contribution is -0.156. The van der Waals surface area contributed by atoms with Crippen LogP contribution in [0.2, 0.25) is 0 Å². The van der Waals surface area contributed by atoms with Crippen molar-refractivity contribution in [3.05, 3.63) is 0 Å². The van der Waals surface area contributed by atoms with Crippen molar-refractivity contribution in [2.45, 2.75) is 34.6 Å². The number of ether oxygens (including phenoxy) is 2. The lowest BCUT2D eigenvalue weighted by Gasteiger charge is -2.28. The third-order valence-electron chi connectivity index (χ3n) is 2.22. The molecule has 0 aromatic rings. The van der Waals surface area contributed by atoms with Crippen LogP contribution in [0, 0.1) is 17.3 Å². The van der Waals surface area contributed by atoms with Gasteiger partial charge in [-0.2, -0.15) is 0 Å². The van der Waals surface area contributed by atoms with Crippen LogP contribution >= 0.6 is 0 Å². The fourth-order valence-corrected chi connectivity index (χ4v) is 1.19. The Hall–Kier alpha value is -0.570. The predicted octanol–water partition coefficient (Wildman–Crippen LogP) is 2.49. The molecule has 0 fully saturated rings. The minimum absolute atomic E-state index is 0.121. The molecule has 0 spiro atoms. The average molecular weight is 216 g/mol. The standard InChI is InChI=1S/C12H24O3/c1-9(2)7-15-11(13)10(8-14-6)12(3,4)5/h9-10H,7-8H2,1-6H3. The van der Waals surface area contributed by atoms with Crippen molar-refractivity contribution in [1.82, 2.24) is 0 Å². The molecule has 1 atom stereocenters. The van der Waals surface area contributed by atoms with Gasteiger partial charge in [-0.1, -0.05) is 34.6 Å². The highest BCUT2D eigenvalue weighted by atomic mass is 16.5. The molecule has 0 saturated carbocycles. The summed E-state index contributed by atoms with van der Waals surface area (Å²) in [4.78, 5) is 11.8. The maximum absolute atomic E-state index is 11.8. The quantitative estimate of drug-likeness (QED) is 0.662. The summed E-state index contributed by atoms with van der Waals surface area (Å²) in [6, 6.07) is 0. The summed E-state index contributed by atoms with van der Waals surface area (Å²) >= 11 is 0. The number of carbonyl (C=O) groups excluding carboxylic acids is 1. The van der Waals surface area contributed by atoms with Crippen LogP contribution < -0.4 is 0 Å². The number of hydrogen-bond acceptors (Lipinski definition) is 3. The van der Waals surface area contributed by atoms with Crippen molar-refractivity contribution in [1.29, 1.82) is 0 Å². The van der Waals surface area contributed by atoms with E-state index in [0.29, 0.717) is 19.1 Å². The first-order valence-electron chi connectivity index (χ1n) is 5.44. The minimum atomic E-state index is -0.193. The van der Waals surface area contributed by atoms with Crippen LogP contribution in [0.4, 0.5) is 0 Å². The zero-order chi connectivity index (χ0) is 12.1. The molecule has 0 rings (SSSR count). The average Bonchev–Trinajstić information content (AvgIpc) is 2.08. The van der Waals surface area contributed by atoms with Gasteiger partial charge in [0.25, 0.3) is 0 Å². The van der Waals surface area contributed by atoms with Crippen molar-refractivity contribution >= 4 is 5.97 Å². The predicted molar refractivity (Wildman–Crippen MR) is 60.6 cm³/mol. The van der Waals surface area contributed by atoms with Gasteiger partial charge in [-0.3, -0.25) is 4.79 Å². The second kappa shape index (κ2) is 6.11. The molecule has 0 aromatic carbocycles. The van der Waals surface area contributed by atoms with Gasteiger partial charge in [0.15, 0.2) is 0 Å². The molecule has 90 valence electrons. The van der Waals surface area contributed by atoms with Gasteiger partial charge in [0.1, 0.15) is 0 Å². The van der Waals surface area contributed by atoms with E-state index < -0.39 is 0 Å². The number of esters is 1. The summed E-state index contributed by atoms with van der Waals surface area (Å²) < 4.78 is 10.3. The van der Waals surface area contributed by atoms with Crippen LogP contribution in [0.1, 0.15) is 34.6 Å². The third kappa shape index (κ3) is 5.78. The smallest absolute Gasteiger partial charge is 0.311 e. The van der Waals surface area contributed by atoms with Crippen LogP contribution in [0.15, 0.2) is 0 Å². The maximum Gasteiger partial charge on any atom is 0.311 e. The second-order valence-electron chi connectivity index (χ2n) is 5.40. The highest BCUT2D eigenvalue weighted by Gasteiger charge is 2.32. The van der Waals surface area contributed by atoms with Gasteiger partial charge in [-0.25, -0.2) is 0 Å². The molecule has 3 nitrogen and oxygen atoms in total. The van der Waals surface area contributed by atoms with E-state index in [9.17, 15) is 4.79 Å². The van der Waals surface area contributed by atoms with Crippen LogP contribution in [-0.4, -0.2) is 26.3 Å². The molecule has 0 aromatic heterocycles. The Kier molecular flexibility index (Phi) is 5.88. The molecule has 0 heterocycles. The van der Waals surface area contributed by atoms with E-state index in [0.717, 1.165) is 0 Å². The number of carbonyl (C=O) groups is 1. The van der Waals surface area contributed by atoms with Gasteiger partial charge in [-0.15, -0.1) is 0 Å². The lowest BCUT2D eigenvalue weighted by Crippen LogP contribution is -2.34. The van der Waals surface area contributed by atoms with Crippen LogP contribution in [-0.2, 0) is 14.3 Å². The highest BCUT2D eigenvalue weighted by Crippen LogP contribution is 2.27. The Labute approximate surface area is 93.1 Å². The van der Waals surface area contributed by atoms with E-state index in [2.05, 4.69) is 0 Å². The fourth-order valence-electron chi connectivity index (χ4n) is 1.19. The summed E-state index contributed by atoms with van der Waals surface area (Å²) in [5, 5.41) is 0. The van der Waals surface area contributed by atoms with Gasteiger partial charge >= 0.3 is 5.97 Å². The van der Waals surface area contributed by atoms with Crippen LogP contribution in [0.3, 0.4) is 0 Å². The SMILES string of the molecule is COCC(C(=O)OCC(C)C)C(C)(C)C. The number of hydrogen-bond donors (Lipinski definition) is 0. The first kappa shape index (κ1) is 14.4. The molecule has 15 heavy (non-hydrogen) atoms. The molecule has 1 unspecified atom stereocenters. The van der Waals surface area contributed by atoms with Gasteiger partial charge in [0, 0.05) is 7.11 Å². The molecule has 0 N–H and O–H groups in total. The molecule has 0 radical (unpaired) electrons. The summed E-state index contributed by atoms with van der Waals surface area (Å²) in [5.41, 5.74) is -0.121. The zero-order valence-electron chi connectivity index (χ0n) is 10.8. The Morgan fingerprint density at radius 3 is 2.07 bits per heavy atom. The Morgan fingerprint density at radius 1 is 1.20 bits per heavy atom. The number of rotatable bonds is 5. The topological polar surface area (TPSA) is 35.5 Å². The van der Waals surface area contributed by atoms with E-state index in [-0.39, 0.29) is 17.3 Å². The van der Waals surface area contributed by atoms with Gasteiger partial charge in [0.05, 0.1) is 19.1 Å². The molecule has 0 aliphatic rings. The molecule has 0 bridgehead atoms. The molecule has 0 aliphatic carbocycles. The van der Waals surface area contributed by atoms with Crippen LogP contribution in [0.5, 0.6) is 0 Å². The summed E-state index contributed by atoms with van der Waals surface area (Å²) in [6.07, 6.45) is 0. The maximum atomic E-state index is 11.8. The summed E-state index contributed by atoms with van der Waals surface area (Å²) in [7, 11) is 1.61. The van der Waals surface area contributed by atoms with Crippen molar-refractivity contribution in [3.8, 4) is 0 Å². The fraction of sp³-hybridized carbons (Fsp3) is 0.917. The number of methoxy groups -OCH3 is 1. The van der Waals surface area contributed by atoms with Crippen molar-refractivity contribution in [2.24, 2.45) is 17.3 Å². The Bertz CT molecular complexity index is 192. The molecule has 0 aliphatic heterocycles. The molecule has 0 saturated heterocycles. The van der Waals surface area contributed by atoms with Crippen molar-refractivity contribution in [3.63, 3.8) is 0 Å².